The Morgan fingerprint density at radius 1 is 1.50 bits per heavy atom. The molecule has 0 saturated carbocycles. The smallest absolute Gasteiger partial charge is 0.101 e. The molecule has 0 fully saturated rings. The van der Waals surface area contributed by atoms with Gasteiger partial charge in [0.1, 0.15) is 6.07 Å². The third-order valence-electron chi connectivity index (χ3n) is 1.61. The zero-order chi connectivity index (χ0) is 8.97. The van der Waals surface area contributed by atoms with Crippen LogP contribution in [-0.4, -0.2) is 0 Å². The molecule has 0 radical (unpaired) electrons. The summed E-state index contributed by atoms with van der Waals surface area (Å²) in [5.41, 5.74) is 7.69. The van der Waals surface area contributed by atoms with Crippen molar-refractivity contribution >= 4 is 11.8 Å². The zero-order valence-corrected chi connectivity index (χ0v) is 6.91. The molecule has 0 spiro atoms. The molecule has 0 heterocycles. The molecular weight excluding hydrogens is 148 g/mol. The minimum atomic E-state index is 0.533. The summed E-state index contributed by atoms with van der Waals surface area (Å²) in [4.78, 5) is 0. The fraction of sp³-hybridized carbons (Fsp3) is 0.100. The fourth-order valence-electron chi connectivity index (χ4n) is 1.01. The van der Waals surface area contributed by atoms with Crippen LogP contribution in [0.3, 0.4) is 0 Å². The Labute approximate surface area is 71.9 Å². The number of benzene rings is 1. The van der Waals surface area contributed by atoms with Crippen molar-refractivity contribution in [1.82, 2.24) is 0 Å². The van der Waals surface area contributed by atoms with Crippen LogP contribution in [0, 0.1) is 11.3 Å². The van der Waals surface area contributed by atoms with Crippen LogP contribution in [0.1, 0.15) is 18.1 Å². The number of para-hydroxylation sites is 1. The number of hydrogen-bond donors (Lipinski definition) is 1. The largest absolute Gasteiger partial charge is 0.397 e. The van der Waals surface area contributed by atoms with Crippen LogP contribution < -0.4 is 5.73 Å². The summed E-state index contributed by atoms with van der Waals surface area (Å²) in [6.45, 7) is 1.92. The quantitative estimate of drug-likeness (QED) is 0.637. The molecule has 0 aliphatic rings. The van der Waals surface area contributed by atoms with Crippen LogP contribution in [0.15, 0.2) is 24.3 Å². The maximum atomic E-state index is 8.66. The van der Waals surface area contributed by atoms with Gasteiger partial charge in [0.25, 0.3) is 0 Å². The molecule has 0 bridgehead atoms. The highest BCUT2D eigenvalue weighted by molar-refractivity contribution is 5.70. The van der Waals surface area contributed by atoms with Gasteiger partial charge in [-0.3, -0.25) is 0 Å². The lowest BCUT2D eigenvalue weighted by atomic mass is 10.1. The number of nitrogens with two attached hydrogens (primary N) is 1. The van der Waals surface area contributed by atoms with Crippen LogP contribution in [0.2, 0.25) is 0 Å². The summed E-state index contributed by atoms with van der Waals surface area (Å²) < 4.78 is 0. The molecule has 1 rings (SSSR count). The van der Waals surface area contributed by atoms with Crippen LogP contribution in [0.25, 0.3) is 6.08 Å². The van der Waals surface area contributed by atoms with Gasteiger partial charge in [-0.25, -0.2) is 0 Å². The minimum Gasteiger partial charge on any atom is -0.397 e. The molecule has 0 unspecified atom stereocenters. The van der Waals surface area contributed by atoms with E-state index in [2.05, 4.69) is 0 Å². The highest BCUT2D eigenvalue weighted by atomic mass is 14.6. The summed E-state index contributed by atoms with van der Waals surface area (Å²) in [6.07, 6.45) is 3.78. The van der Waals surface area contributed by atoms with Crippen LogP contribution >= 0.6 is 0 Å². The standard InChI is InChI=1S/C10H10N2/c1-2-4-8-5-3-6-9(7-11)10(8)12/h2-6H,12H2,1H3. The van der Waals surface area contributed by atoms with Gasteiger partial charge in [-0.15, -0.1) is 0 Å². The van der Waals surface area contributed by atoms with E-state index in [9.17, 15) is 0 Å². The number of nitrogens with zero attached hydrogens (tertiary/aromatic N) is 1. The van der Waals surface area contributed by atoms with E-state index >= 15 is 0 Å². The van der Waals surface area contributed by atoms with Gasteiger partial charge in [0.2, 0.25) is 0 Å². The normalized spacial score (nSPS) is 10.0. The van der Waals surface area contributed by atoms with E-state index in [-0.39, 0.29) is 0 Å². The average molecular weight is 158 g/mol. The molecule has 2 N–H and O–H groups in total. The van der Waals surface area contributed by atoms with Crippen molar-refractivity contribution in [1.29, 1.82) is 5.26 Å². The van der Waals surface area contributed by atoms with Crippen molar-refractivity contribution in [2.24, 2.45) is 0 Å². The number of hydrogen-bond acceptors (Lipinski definition) is 2. The highest BCUT2D eigenvalue weighted by Gasteiger charge is 1.99. The number of nitrogen functional groups attached to an aromatic ring is 1. The van der Waals surface area contributed by atoms with Crippen molar-refractivity contribution in [3.05, 3.63) is 35.4 Å². The molecule has 0 aliphatic heterocycles. The van der Waals surface area contributed by atoms with Crippen molar-refractivity contribution in [2.45, 2.75) is 6.92 Å². The maximum absolute atomic E-state index is 8.66. The van der Waals surface area contributed by atoms with Crippen molar-refractivity contribution in [3.8, 4) is 6.07 Å². The van der Waals surface area contributed by atoms with Crippen LogP contribution in [0.5, 0.6) is 0 Å². The Balaban J connectivity index is 3.25. The van der Waals surface area contributed by atoms with E-state index in [1.165, 1.54) is 0 Å². The Morgan fingerprint density at radius 2 is 2.25 bits per heavy atom. The molecule has 12 heavy (non-hydrogen) atoms. The lowest BCUT2D eigenvalue weighted by Gasteiger charge is -2.00. The second-order valence-corrected chi connectivity index (χ2v) is 2.42. The molecule has 0 aliphatic carbocycles. The Kier molecular flexibility index (Phi) is 2.49. The summed E-state index contributed by atoms with van der Waals surface area (Å²) in [5.74, 6) is 0. The third kappa shape index (κ3) is 1.46. The summed E-state index contributed by atoms with van der Waals surface area (Å²) in [7, 11) is 0. The van der Waals surface area contributed by atoms with Gasteiger partial charge in [-0.1, -0.05) is 24.3 Å². The molecule has 2 nitrogen and oxygen atoms in total. The summed E-state index contributed by atoms with van der Waals surface area (Å²) in [6, 6.07) is 7.45. The van der Waals surface area contributed by atoms with Crippen LogP contribution in [0.4, 0.5) is 5.69 Å². The van der Waals surface area contributed by atoms with Gasteiger partial charge in [-0.05, 0) is 18.6 Å². The number of rotatable bonds is 1. The lowest BCUT2D eigenvalue weighted by molar-refractivity contribution is 1.48. The molecular formula is C10H10N2. The van der Waals surface area contributed by atoms with Crippen LogP contribution in [-0.2, 0) is 0 Å². The first-order chi connectivity index (χ1) is 5.79. The molecule has 60 valence electrons. The van der Waals surface area contributed by atoms with Gasteiger partial charge in [0.15, 0.2) is 0 Å². The van der Waals surface area contributed by atoms with Crippen molar-refractivity contribution < 1.29 is 0 Å². The Morgan fingerprint density at radius 3 is 2.83 bits per heavy atom. The van der Waals surface area contributed by atoms with Gasteiger partial charge in [0.05, 0.1) is 11.3 Å². The molecule has 1 aromatic carbocycles. The van der Waals surface area contributed by atoms with Crippen molar-refractivity contribution in [3.63, 3.8) is 0 Å². The van der Waals surface area contributed by atoms with E-state index in [0.717, 1.165) is 5.56 Å². The van der Waals surface area contributed by atoms with Gasteiger partial charge < -0.3 is 5.73 Å². The number of anilines is 1. The molecule has 0 saturated heterocycles. The van der Waals surface area contributed by atoms with Crippen molar-refractivity contribution in [2.75, 3.05) is 5.73 Å². The Hall–Kier alpha value is -1.75. The van der Waals surface area contributed by atoms with E-state index in [1.807, 2.05) is 37.3 Å². The first-order valence-corrected chi connectivity index (χ1v) is 3.71. The molecule has 0 atom stereocenters. The SMILES string of the molecule is CC=Cc1cccc(C#N)c1N. The van der Waals surface area contributed by atoms with E-state index in [0.29, 0.717) is 11.3 Å². The number of nitriles is 1. The Bertz CT molecular complexity index is 345. The second kappa shape index (κ2) is 3.59. The molecule has 0 aromatic heterocycles. The lowest BCUT2D eigenvalue weighted by Crippen LogP contribution is -1.92. The molecule has 2 heteroatoms. The monoisotopic (exact) mass is 158 g/mol. The molecule has 0 amide bonds. The predicted octanol–water partition coefficient (Wildman–Crippen LogP) is 2.17. The highest BCUT2D eigenvalue weighted by Crippen LogP contribution is 2.17. The van der Waals surface area contributed by atoms with Gasteiger partial charge in [0, 0.05) is 0 Å². The fourth-order valence-corrected chi connectivity index (χ4v) is 1.01. The maximum Gasteiger partial charge on any atom is 0.101 e. The average Bonchev–Trinajstić information content (AvgIpc) is 2.09. The topological polar surface area (TPSA) is 49.8 Å². The second-order valence-electron chi connectivity index (χ2n) is 2.42. The summed E-state index contributed by atoms with van der Waals surface area (Å²) in [5, 5.41) is 8.66. The van der Waals surface area contributed by atoms with Gasteiger partial charge in [-0.2, -0.15) is 5.26 Å². The summed E-state index contributed by atoms with van der Waals surface area (Å²) >= 11 is 0. The predicted molar refractivity (Wildman–Crippen MR) is 50.3 cm³/mol. The number of allylic oxidation sites excluding steroid dienone is 1. The minimum absolute atomic E-state index is 0.533. The zero-order valence-electron chi connectivity index (χ0n) is 6.91. The van der Waals surface area contributed by atoms with E-state index in [4.69, 9.17) is 11.0 Å². The van der Waals surface area contributed by atoms with E-state index in [1.54, 1.807) is 6.07 Å². The van der Waals surface area contributed by atoms with E-state index < -0.39 is 0 Å². The van der Waals surface area contributed by atoms with Gasteiger partial charge >= 0.3 is 0 Å². The first-order valence-electron chi connectivity index (χ1n) is 3.71. The third-order valence-corrected chi connectivity index (χ3v) is 1.61. The first kappa shape index (κ1) is 8.35. The molecule has 1 aromatic rings.